The molecule has 0 radical (unpaired) electrons. The summed E-state index contributed by atoms with van der Waals surface area (Å²) in [4.78, 5) is 15.0. The third kappa shape index (κ3) is 1.20. The topological polar surface area (TPSA) is 53.8 Å². The highest BCUT2D eigenvalue weighted by Crippen LogP contribution is 2.40. The molecule has 0 aliphatic heterocycles. The van der Waals surface area contributed by atoms with E-state index in [0.29, 0.717) is 12.8 Å². The van der Waals surface area contributed by atoms with Gasteiger partial charge in [-0.15, -0.1) is 0 Å². The van der Waals surface area contributed by atoms with Crippen LogP contribution >= 0.6 is 0 Å². The molecule has 3 nitrogen and oxygen atoms in total. The standard InChI is InChI=1S/C11H10N2O/c1-8-4-9(2-3-13-8)11(7-12)5-10(14)6-11/h2-4H,5-6H2,1H3. The van der Waals surface area contributed by atoms with Crippen LogP contribution in [0, 0.1) is 18.3 Å². The fourth-order valence-corrected chi connectivity index (χ4v) is 1.81. The van der Waals surface area contributed by atoms with E-state index in [1.54, 1.807) is 6.20 Å². The van der Waals surface area contributed by atoms with E-state index in [4.69, 9.17) is 5.26 Å². The van der Waals surface area contributed by atoms with E-state index in [1.807, 2.05) is 19.1 Å². The minimum absolute atomic E-state index is 0.168. The number of hydrogen-bond acceptors (Lipinski definition) is 3. The van der Waals surface area contributed by atoms with Gasteiger partial charge in [-0.3, -0.25) is 9.78 Å². The SMILES string of the molecule is Cc1cc(C2(C#N)CC(=O)C2)ccn1. The van der Waals surface area contributed by atoms with E-state index in [2.05, 4.69) is 11.1 Å². The van der Waals surface area contributed by atoms with Crippen LogP contribution in [0.3, 0.4) is 0 Å². The molecule has 1 saturated carbocycles. The van der Waals surface area contributed by atoms with Crippen LogP contribution in [0.25, 0.3) is 0 Å². The van der Waals surface area contributed by atoms with Crippen molar-refractivity contribution in [3.63, 3.8) is 0 Å². The van der Waals surface area contributed by atoms with Gasteiger partial charge in [-0.05, 0) is 24.6 Å². The lowest BCUT2D eigenvalue weighted by Gasteiger charge is -2.34. The Morgan fingerprint density at radius 3 is 2.79 bits per heavy atom. The molecular weight excluding hydrogens is 176 g/mol. The highest BCUT2D eigenvalue weighted by molar-refractivity contribution is 5.90. The first-order chi connectivity index (χ1) is 6.66. The summed E-state index contributed by atoms with van der Waals surface area (Å²) in [6.45, 7) is 1.88. The number of pyridine rings is 1. The Hall–Kier alpha value is -1.69. The van der Waals surface area contributed by atoms with E-state index in [-0.39, 0.29) is 5.78 Å². The van der Waals surface area contributed by atoms with Crippen molar-refractivity contribution in [3.8, 4) is 6.07 Å². The summed E-state index contributed by atoms with van der Waals surface area (Å²) in [7, 11) is 0. The molecule has 1 fully saturated rings. The molecule has 0 spiro atoms. The number of carbonyl (C=O) groups excluding carboxylic acids is 1. The van der Waals surface area contributed by atoms with E-state index < -0.39 is 5.41 Å². The van der Waals surface area contributed by atoms with Gasteiger partial charge in [-0.2, -0.15) is 5.26 Å². The number of aryl methyl sites for hydroxylation is 1. The van der Waals surface area contributed by atoms with E-state index >= 15 is 0 Å². The van der Waals surface area contributed by atoms with Crippen molar-refractivity contribution in [1.82, 2.24) is 4.98 Å². The summed E-state index contributed by atoms with van der Waals surface area (Å²) in [5.41, 5.74) is 1.24. The van der Waals surface area contributed by atoms with Gasteiger partial charge < -0.3 is 0 Å². The fourth-order valence-electron chi connectivity index (χ4n) is 1.81. The second kappa shape index (κ2) is 2.91. The van der Waals surface area contributed by atoms with Crippen LogP contribution in [0.1, 0.15) is 24.1 Å². The van der Waals surface area contributed by atoms with Gasteiger partial charge in [0.05, 0.1) is 11.5 Å². The molecule has 0 N–H and O–H groups in total. The highest BCUT2D eigenvalue weighted by Gasteiger charge is 2.45. The number of nitrogens with zero attached hydrogens (tertiary/aromatic N) is 2. The van der Waals surface area contributed by atoms with Crippen LogP contribution in [0.2, 0.25) is 0 Å². The lowest BCUT2D eigenvalue weighted by Crippen LogP contribution is -2.40. The van der Waals surface area contributed by atoms with Crippen LogP contribution < -0.4 is 0 Å². The monoisotopic (exact) mass is 186 g/mol. The van der Waals surface area contributed by atoms with E-state index in [1.165, 1.54) is 0 Å². The summed E-state index contributed by atoms with van der Waals surface area (Å²) >= 11 is 0. The molecule has 0 aromatic carbocycles. The molecule has 0 unspecified atom stereocenters. The molecule has 0 atom stereocenters. The van der Waals surface area contributed by atoms with Gasteiger partial charge in [-0.1, -0.05) is 0 Å². The van der Waals surface area contributed by atoms with Crippen molar-refractivity contribution in [3.05, 3.63) is 29.6 Å². The van der Waals surface area contributed by atoms with Crippen molar-refractivity contribution in [2.75, 3.05) is 0 Å². The summed E-state index contributed by atoms with van der Waals surface area (Å²) in [6, 6.07) is 5.95. The summed E-state index contributed by atoms with van der Waals surface area (Å²) in [5.74, 6) is 0.168. The first-order valence-electron chi connectivity index (χ1n) is 4.52. The Morgan fingerprint density at radius 2 is 2.29 bits per heavy atom. The molecule has 3 heteroatoms. The van der Waals surface area contributed by atoms with Crippen LogP contribution in [-0.2, 0) is 10.2 Å². The third-order valence-corrected chi connectivity index (χ3v) is 2.66. The Labute approximate surface area is 82.4 Å². The van der Waals surface area contributed by atoms with Crippen molar-refractivity contribution in [2.45, 2.75) is 25.2 Å². The zero-order valence-electron chi connectivity index (χ0n) is 7.95. The first-order valence-corrected chi connectivity index (χ1v) is 4.52. The summed E-state index contributed by atoms with van der Waals surface area (Å²) in [6.07, 6.45) is 2.40. The van der Waals surface area contributed by atoms with Crippen molar-refractivity contribution < 1.29 is 4.79 Å². The van der Waals surface area contributed by atoms with Gasteiger partial charge in [0.1, 0.15) is 5.78 Å². The van der Waals surface area contributed by atoms with Gasteiger partial charge >= 0.3 is 0 Å². The Kier molecular flexibility index (Phi) is 1.85. The molecule has 0 amide bonds. The van der Waals surface area contributed by atoms with E-state index in [9.17, 15) is 4.79 Å². The van der Waals surface area contributed by atoms with Gasteiger partial charge in [-0.25, -0.2) is 0 Å². The van der Waals surface area contributed by atoms with Gasteiger partial charge in [0, 0.05) is 24.7 Å². The van der Waals surface area contributed by atoms with Crippen LogP contribution in [-0.4, -0.2) is 10.8 Å². The van der Waals surface area contributed by atoms with E-state index in [0.717, 1.165) is 11.3 Å². The predicted molar refractivity (Wildman–Crippen MR) is 50.5 cm³/mol. The number of Topliss-reactive ketones (excluding diaryl/α,β-unsaturated/α-hetero) is 1. The van der Waals surface area contributed by atoms with Crippen molar-refractivity contribution >= 4 is 5.78 Å². The zero-order valence-corrected chi connectivity index (χ0v) is 7.95. The second-order valence-electron chi connectivity index (χ2n) is 3.77. The molecule has 14 heavy (non-hydrogen) atoms. The Morgan fingerprint density at radius 1 is 1.57 bits per heavy atom. The minimum atomic E-state index is -0.565. The average molecular weight is 186 g/mol. The smallest absolute Gasteiger partial charge is 0.136 e. The number of hydrogen-bond donors (Lipinski definition) is 0. The fraction of sp³-hybridized carbons (Fsp3) is 0.364. The maximum atomic E-state index is 11.0. The quantitative estimate of drug-likeness (QED) is 0.668. The Bertz CT molecular complexity index is 423. The molecule has 1 aromatic rings. The summed E-state index contributed by atoms with van der Waals surface area (Å²) < 4.78 is 0. The van der Waals surface area contributed by atoms with Gasteiger partial charge in [0.25, 0.3) is 0 Å². The molecule has 1 aliphatic carbocycles. The average Bonchev–Trinajstić information content (AvgIpc) is 2.12. The molecule has 0 bridgehead atoms. The Balaban J connectivity index is 2.39. The molecule has 70 valence electrons. The number of carbonyl (C=O) groups is 1. The number of aromatic nitrogens is 1. The summed E-state index contributed by atoms with van der Waals surface area (Å²) in [5, 5.41) is 9.08. The zero-order chi connectivity index (χ0) is 10.2. The number of nitriles is 1. The minimum Gasteiger partial charge on any atom is -0.300 e. The van der Waals surface area contributed by atoms with Gasteiger partial charge in [0.2, 0.25) is 0 Å². The van der Waals surface area contributed by atoms with Crippen LogP contribution in [0.4, 0.5) is 0 Å². The maximum Gasteiger partial charge on any atom is 0.136 e. The number of ketones is 1. The lowest BCUT2D eigenvalue weighted by molar-refractivity contribution is -0.126. The van der Waals surface area contributed by atoms with Crippen molar-refractivity contribution in [2.24, 2.45) is 0 Å². The largest absolute Gasteiger partial charge is 0.300 e. The van der Waals surface area contributed by atoms with Gasteiger partial charge in [0.15, 0.2) is 0 Å². The van der Waals surface area contributed by atoms with Crippen molar-refractivity contribution in [1.29, 1.82) is 5.26 Å². The number of rotatable bonds is 1. The van der Waals surface area contributed by atoms with Crippen LogP contribution in [0.15, 0.2) is 18.3 Å². The predicted octanol–water partition coefficient (Wildman–Crippen LogP) is 1.51. The molecular formula is C11H10N2O. The normalized spacial score (nSPS) is 18.4. The molecule has 1 aliphatic rings. The molecule has 1 heterocycles. The lowest BCUT2D eigenvalue weighted by atomic mass is 9.65. The maximum absolute atomic E-state index is 11.0. The highest BCUT2D eigenvalue weighted by atomic mass is 16.1. The molecule has 0 saturated heterocycles. The third-order valence-electron chi connectivity index (χ3n) is 2.66. The van der Waals surface area contributed by atoms with Crippen LogP contribution in [0.5, 0.6) is 0 Å². The second-order valence-corrected chi connectivity index (χ2v) is 3.77. The molecule has 2 rings (SSSR count). The first kappa shape index (κ1) is 8.89. The molecule has 1 aromatic heterocycles.